The Morgan fingerprint density at radius 2 is 2.10 bits per heavy atom. The Bertz CT molecular complexity index is 460. The van der Waals surface area contributed by atoms with Crippen LogP contribution < -0.4 is 4.74 Å². The number of nitrogens with zero attached hydrogens (tertiary/aromatic N) is 1. The lowest BCUT2D eigenvalue weighted by molar-refractivity contribution is -0.144. The Kier molecular flexibility index (Phi) is 5.59. The number of hydroxylamine groups is 2. The van der Waals surface area contributed by atoms with E-state index in [1.807, 2.05) is 43.2 Å². The molecule has 0 bridgehead atoms. The standard InChI is InChI=1S/C16H23NO4/c1-4-20-16(18)9-12(2)11-17-15(21-17)10-13-5-7-14(19-3)8-6-13/h5-8,12,15H,4,9-11H2,1-3H3. The normalized spacial score (nSPS) is 21.7. The third-order valence-electron chi connectivity index (χ3n) is 3.41. The van der Waals surface area contributed by atoms with E-state index in [0.717, 1.165) is 18.7 Å². The molecule has 2 rings (SSSR count). The van der Waals surface area contributed by atoms with Gasteiger partial charge in [0.15, 0.2) is 6.23 Å². The summed E-state index contributed by atoms with van der Waals surface area (Å²) >= 11 is 0. The minimum absolute atomic E-state index is 0.114. The number of carbonyl (C=O) groups is 1. The molecular weight excluding hydrogens is 270 g/mol. The SMILES string of the molecule is CCOC(=O)CC(C)CN1OC1Cc1ccc(OC)cc1. The summed E-state index contributed by atoms with van der Waals surface area (Å²) in [5, 5.41) is 1.92. The van der Waals surface area contributed by atoms with Crippen molar-refractivity contribution in [1.82, 2.24) is 5.06 Å². The summed E-state index contributed by atoms with van der Waals surface area (Å²) in [6.07, 6.45) is 1.39. The van der Waals surface area contributed by atoms with E-state index < -0.39 is 0 Å². The maximum atomic E-state index is 11.4. The van der Waals surface area contributed by atoms with Gasteiger partial charge in [0.05, 0.1) is 13.7 Å². The van der Waals surface area contributed by atoms with Gasteiger partial charge < -0.3 is 9.47 Å². The third kappa shape index (κ3) is 5.02. The van der Waals surface area contributed by atoms with Gasteiger partial charge in [-0.2, -0.15) is 5.06 Å². The molecule has 1 fully saturated rings. The van der Waals surface area contributed by atoms with Crippen molar-refractivity contribution < 1.29 is 19.1 Å². The van der Waals surface area contributed by atoms with Gasteiger partial charge in [0.1, 0.15) is 5.75 Å². The molecule has 5 nitrogen and oxygen atoms in total. The molecule has 0 saturated carbocycles. The number of hydrogen-bond acceptors (Lipinski definition) is 5. The summed E-state index contributed by atoms with van der Waals surface area (Å²) in [4.78, 5) is 16.9. The van der Waals surface area contributed by atoms with E-state index in [2.05, 4.69) is 0 Å². The van der Waals surface area contributed by atoms with Crippen LogP contribution in [0.1, 0.15) is 25.8 Å². The predicted octanol–water partition coefficient (Wildman–Crippen LogP) is 2.40. The van der Waals surface area contributed by atoms with Gasteiger partial charge in [0.25, 0.3) is 0 Å². The molecule has 1 saturated heterocycles. The van der Waals surface area contributed by atoms with E-state index >= 15 is 0 Å². The Morgan fingerprint density at radius 1 is 1.38 bits per heavy atom. The van der Waals surface area contributed by atoms with Crippen LogP contribution in [0.2, 0.25) is 0 Å². The molecule has 1 aromatic carbocycles. The Labute approximate surface area is 125 Å². The van der Waals surface area contributed by atoms with Crippen molar-refractivity contribution in [3.63, 3.8) is 0 Å². The zero-order valence-electron chi connectivity index (χ0n) is 12.9. The molecular formula is C16H23NO4. The largest absolute Gasteiger partial charge is 0.497 e. The molecule has 0 aliphatic carbocycles. The lowest BCUT2D eigenvalue weighted by atomic mass is 10.1. The van der Waals surface area contributed by atoms with Crippen molar-refractivity contribution in [1.29, 1.82) is 0 Å². The van der Waals surface area contributed by atoms with Crippen LogP contribution >= 0.6 is 0 Å². The lowest BCUT2D eigenvalue weighted by Crippen LogP contribution is -2.18. The molecule has 0 amide bonds. The predicted molar refractivity (Wildman–Crippen MR) is 78.7 cm³/mol. The quantitative estimate of drug-likeness (QED) is 0.544. The monoisotopic (exact) mass is 293 g/mol. The summed E-state index contributed by atoms with van der Waals surface area (Å²) in [5.41, 5.74) is 1.21. The summed E-state index contributed by atoms with van der Waals surface area (Å²) in [6.45, 7) is 5.04. The van der Waals surface area contributed by atoms with Crippen LogP contribution in [0.3, 0.4) is 0 Å². The minimum atomic E-state index is -0.140. The molecule has 3 unspecified atom stereocenters. The zero-order valence-corrected chi connectivity index (χ0v) is 12.9. The topological polar surface area (TPSA) is 51.1 Å². The van der Waals surface area contributed by atoms with Crippen molar-refractivity contribution in [3.8, 4) is 5.75 Å². The highest BCUT2D eigenvalue weighted by atomic mass is 16.8. The maximum absolute atomic E-state index is 11.4. The van der Waals surface area contributed by atoms with E-state index in [-0.39, 0.29) is 18.1 Å². The van der Waals surface area contributed by atoms with Crippen molar-refractivity contribution >= 4 is 5.97 Å². The second-order valence-corrected chi connectivity index (χ2v) is 5.33. The highest BCUT2D eigenvalue weighted by molar-refractivity contribution is 5.69. The number of hydrogen-bond donors (Lipinski definition) is 0. The van der Waals surface area contributed by atoms with E-state index in [9.17, 15) is 4.79 Å². The van der Waals surface area contributed by atoms with Crippen LogP contribution in [0.25, 0.3) is 0 Å². The molecule has 1 aliphatic rings. The molecule has 0 radical (unpaired) electrons. The third-order valence-corrected chi connectivity index (χ3v) is 3.41. The number of rotatable bonds is 8. The van der Waals surface area contributed by atoms with Crippen molar-refractivity contribution in [2.24, 2.45) is 5.92 Å². The zero-order chi connectivity index (χ0) is 15.2. The smallest absolute Gasteiger partial charge is 0.306 e. The lowest BCUT2D eigenvalue weighted by Gasteiger charge is -2.09. The fourth-order valence-corrected chi connectivity index (χ4v) is 2.27. The highest BCUT2D eigenvalue weighted by Gasteiger charge is 2.37. The average molecular weight is 293 g/mol. The van der Waals surface area contributed by atoms with Gasteiger partial charge in [0.2, 0.25) is 0 Å². The molecule has 0 spiro atoms. The first-order valence-corrected chi connectivity index (χ1v) is 7.34. The van der Waals surface area contributed by atoms with Crippen molar-refractivity contribution in [2.75, 3.05) is 20.3 Å². The molecule has 1 aliphatic heterocycles. The number of ether oxygens (including phenoxy) is 2. The molecule has 1 heterocycles. The molecule has 3 atom stereocenters. The van der Waals surface area contributed by atoms with E-state index in [1.165, 1.54) is 5.56 Å². The van der Waals surface area contributed by atoms with Gasteiger partial charge in [-0.1, -0.05) is 19.1 Å². The van der Waals surface area contributed by atoms with Gasteiger partial charge in [-0.3, -0.25) is 9.63 Å². The highest BCUT2D eigenvalue weighted by Crippen LogP contribution is 2.27. The Hall–Kier alpha value is -1.59. The van der Waals surface area contributed by atoms with Crippen LogP contribution in [0.15, 0.2) is 24.3 Å². The minimum Gasteiger partial charge on any atom is -0.497 e. The van der Waals surface area contributed by atoms with Gasteiger partial charge in [-0.15, -0.1) is 0 Å². The first-order chi connectivity index (χ1) is 10.1. The molecule has 1 aromatic rings. The Balaban J connectivity index is 1.70. The van der Waals surface area contributed by atoms with Crippen LogP contribution in [-0.4, -0.2) is 37.5 Å². The number of esters is 1. The molecule has 0 aromatic heterocycles. The van der Waals surface area contributed by atoms with Crippen molar-refractivity contribution in [3.05, 3.63) is 29.8 Å². The van der Waals surface area contributed by atoms with Crippen molar-refractivity contribution in [2.45, 2.75) is 32.9 Å². The van der Waals surface area contributed by atoms with Crippen LogP contribution in [-0.2, 0) is 20.8 Å². The first kappa shape index (κ1) is 15.8. The fraction of sp³-hybridized carbons (Fsp3) is 0.562. The maximum Gasteiger partial charge on any atom is 0.306 e. The number of benzene rings is 1. The van der Waals surface area contributed by atoms with E-state index in [1.54, 1.807) is 7.11 Å². The van der Waals surface area contributed by atoms with Gasteiger partial charge >= 0.3 is 5.97 Å². The van der Waals surface area contributed by atoms with Crippen LogP contribution in [0, 0.1) is 5.92 Å². The molecule has 0 N–H and O–H groups in total. The average Bonchev–Trinajstić information content (AvgIpc) is 3.17. The second kappa shape index (κ2) is 7.43. The van der Waals surface area contributed by atoms with E-state index in [4.69, 9.17) is 14.3 Å². The van der Waals surface area contributed by atoms with Gasteiger partial charge in [-0.05, 0) is 30.5 Å². The number of carbonyl (C=O) groups excluding carboxylic acids is 1. The first-order valence-electron chi connectivity index (χ1n) is 7.34. The van der Waals surface area contributed by atoms with Crippen LogP contribution in [0.5, 0.6) is 5.75 Å². The van der Waals surface area contributed by atoms with Crippen LogP contribution in [0.4, 0.5) is 0 Å². The van der Waals surface area contributed by atoms with Gasteiger partial charge in [0, 0.05) is 19.4 Å². The van der Waals surface area contributed by atoms with E-state index in [0.29, 0.717) is 13.0 Å². The summed E-state index contributed by atoms with van der Waals surface area (Å²) in [7, 11) is 1.66. The second-order valence-electron chi connectivity index (χ2n) is 5.33. The summed E-state index contributed by atoms with van der Waals surface area (Å²) in [5.74, 6) is 0.943. The molecule has 5 heteroatoms. The molecule has 21 heavy (non-hydrogen) atoms. The number of methoxy groups -OCH3 is 1. The summed E-state index contributed by atoms with van der Waals surface area (Å²) in [6, 6.07) is 7.98. The molecule has 116 valence electrons. The summed E-state index contributed by atoms with van der Waals surface area (Å²) < 4.78 is 10.1. The fourth-order valence-electron chi connectivity index (χ4n) is 2.27. The van der Waals surface area contributed by atoms with Gasteiger partial charge in [-0.25, -0.2) is 0 Å². The Morgan fingerprint density at radius 3 is 2.71 bits per heavy atom.